The Labute approximate surface area is 188 Å². The Morgan fingerprint density at radius 3 is 2.50 bits per heavy atom. The van der Waals surface area contributed by atoms with Gasteiger partial charge in [-0.3, -0.25) is 0 Å². The van der Waals surface area contributed by atoms with E-state index in [0.717, 1.165) is 42.5 Å². The van der Waals surface area contributed by atoms with Gasteiger partial charge in [0.05, 0.1) is 5.52 Å². The fourth-order valence-electron chi connectivity index (χ4n) is 4.48. The molecule has 0 spiro atoms. The number of nitrogens with zero attached hydrogens (tertiary/aromatic N) is 3. The maximum absolute atomic E-state index is 6.49. The Balaban J connectivity index is 0.00000218. The lowest BCUT2D eigenvalue weighted by Gasteiger charge is -2.30. The van der Waals surface area contributed by atoms with Gasteiger partial charge in [0.15, 0.2) is 5.82 Å². The number of benzene rings is 2. The van der Waals surface area contributed by atoms with Crippen molar-refractivity contribution in [3.8, 4) is 0 Å². The van der Waals surface area contributed by atoms with Crippen LogP contribution in [0.2, 0.25) is 5.02 Å². The summed E-state index contributed by atoms with van der Waals surface area (Å²) < 4.78 is 2.38. The highest BCUT2D eigenvalue weighted by atomic mass is 35.5. The zero-order chi connectivity index (χ0) is 20.0. The summed E-state index contributed by atoms with van der Waals surface area (Å²) in [5.74, 6) is 1.07. The number of fused-ring (bicyclic) bond motifs is 2. The molecule has 0 saturated carbocycles. The normalized spacial score (nSPS) is 13.2. The molecule has 5 heteroatoms. The van der Waals surface area contributed by atoms with Crippen molar-refractivity contribution in [3.05, 3.63) is 93.8 Å². The van der Waals surface area contributed by atoms with Gasteiger partial charge in [0.2, 0.25) is 0 Å². The van der Waals surface area contributed by atoms with Crippen molar-refractivity contribution >= 4 is 40.7 Å². The molecule has 0 radical (unpaired) electrons. The number of pyridine rings is 1. The second kappa shape index (κ2) is 8.33. The molecule has 2 aromatic carbocycles. The quantitative estimate of drug-likeness (QED) is 0.372. The first kappa shape index (κ1) is 20.8. The fraction of sp³-hybridized carbons (Fsp3) is 0.240. The van der Waals surface area contributed by atoms with Gasteiger partial charge in [0, 0.05) is 41.9 Å². The molecule has 0 N–H and O–H groups in total. The van der Waals surface area contributed by atoms with Crippen LogP contribution in [-0.4, -0.2) is 16.1 Å². The number of hydrogen-bond acceptors (Lipinski definition) is 2. The third kappa shape index (κ3) is 3.46. The molecule has 1 aliphatic rings. The Morgan fingerprint density at radius 2 is 1.70 bits per heavy atom. The van der Waals surface area contributed by atoms with E-state index in [2.05, 4.69) is 65.8 Å². The average molecular weight is 438 g/mol. The third-order valence-electron chi connectivity index (χ3n) is 6.24. The summed E-state index contributed by atoms with van der Waals surface area (Å²) in [5.41, 5.74) is 7.78. The number of aryl methyl sites for hydroxylation is 1. The predicted molar refractivity (Wildman–Crippen MR) is 128 cm³/mol. The highest BCUT2D eigenvalue weighted by molar-refractivity contribution is 6.31. The van der Waals surface area contributed by atoms with Crippen LogP contribution in [0, 0.1) is 13.8 Å². The number of hydrogen-bond donors (Lipinski definition) is 0. The van der Waals surface area contributed by atoms with Crippen LogP contribution in [0.3, 0.4) is 0 Å². The van der Waals surface area contributed by atoms with Crippen LogP contribution in [0.5, 0.6) is 0 Å². The molecule has 0 saturated heterocycles. The number of anilines is 1. The molecule has 5 rings (SSSR count). The smallest absolute Gasteiger partial charge is 0.153 e. The van der Waals surface area contributed by atoms with Gasteiger partial charge in [-0.05, 0) is 54.7 Å². The standard InChI is InChI=1S/C25H24ClN3.ClH/c1-17-18(2)29(16-21-9-5-6-10-23(21)26)24-22(17)11-13-27-25(24)28-14-12-19-7-3-4-8-20(19)15-28;/h3-11,13H,12,14-16H2,1-2H3;1H. The second-order valence-corrected chi connectivity index (χ2v) is 8.27. The van der Waals surface area contributed by atoms with Crippen LogP contribution >= 0.6 is 24.0 Å². The maximum atomic E-state index is 6.49. The zero-order valence-corrected chi connectivity index (χ0v) is 18.8. The largest absolute Gasteiger partial charge is 0.350 e. The van der Waals surface area contributed by atoms with E-state index in [-0.39, 0.29) is 12.4 Å². The van der Waals surface area contributed by atoms with E-state index in [9.17, 15) is 0 Å². The minimum Gasteiger partial charge on any atom is -0.350 e. The van der Waals surface area contributed by atoms with Crippen LogP contribution in [0.15, 0.2) is 60.8 Å². The topological polar surface area (TPSA) is 21.1 Å². The molecule has 0 amide bonds. The summed E-state index contributed by atoms with van der Waals surface area (Å²) in [6.07, 6.45) is 3.00. The SMILES string of the molecule is Cc1c(C)n(Cc2ccccc2Cl)c2c(N3CCc4ccccc4C3)nccc12.Cl. The second-order valence-electron chi connectivity index (χ2n) is 7.86. The molecule has 4 aromatic rings. The molecule has 0 aliphatic carbocycles. The maximum Gasteiger partial charge on any atom is 0.153 e. The minimum atomic E-state index is 0. The molecule has 3 nitrogen and oxygen atoms in total. The Bertz CT molecular complexity index is 1210. The van der Waals surface area contributed by atoms with Gasteiger partial charge in [-0.15, -0.1) is 12.4 Å². The summed E-state index contributed by atoms with van der Waals surface area (Å²) in [4.78, 5) is 7.28. The van der Waals surface area contributed by atoms with Crippen LogP contribution in [-0.2, 0) is 19.5 Å². The van der Waals surface area contributed by atoms with Crippen molar-refractivity contribution in [3.63, 3.8) is 0 Å². The molecule has 0 atom stereocenters. The first-order valence-electron chi connectivity index (χ1n) is 10.1. The van der Waals surface area contributed by atoms with E-state index in [1.807, 2.05) is 18.3 Å². The molecule has 154 valence electrons. The lowest BCUT2D eigenvalue weighted by atomic mass is 10.00. The van der Waals surface area contributed by atoms with Gasteiger partial charge in [-0.2, -0.15) is 0 Å². The van der Waals surface area contributed by atoms with Gasteiger partial charge >= 0.3 is 0 Å². The lowest BCUT2D eigenvalue weighted by molar-refractivity contribution is 0.717. The van der Waals surface area contributed by atoms with Crippen molar-refractivity contribution in [2.45, 2.75) is 33.4 Å². The molecule has 0 bridgehead atoms. The summed E-state index contributed by atoms with van der Waals surface area (Å²) in [6, 6.07) is 19.0. The van der Waals surface area contributed by atoms with Crippen molar-refractivity contribution < 1.29 is 0 Å². The van der Waals surface area contributed by atoms with E-state index in [1.54, 1.807) is 0 Å². The van der Waals surface area contributed by atoms with E-state index in [0.29, 0.717) is 0 Å². The van der Waals surface area contributed by atoms with Crippen molar-refractivity contribution in [2.75, 3.05) is 11.4 Å². The average Bonchev–Trinajstić information content (AvgIpc) is 3.00. The highest BCUT2D eigenvalue weighted by Crippen LogP contribution is 2.34. The van der Waals surface area contributed by atoms with Crippen LogP contribution in [0.25, 0.3) is 10.9 Å². The van der Waals surface area contributed by atoms with Crippen molar-refractivity contribution in [1.29, 1.82) is 0 Å². The summed E-state index contributed by atoms with van der Waals surface area (Å²) >= 11 is 6.49. The Hall–Kier alpha value is -2.49. The van der Waals surface area contributed by atoms with Crippen LogP contribution in [0.4, 0.5) is 5.82 Å². The van der Waals surface area contributed by atoms with Gasteiger partial charge in [-0.1, -0.05) is 54.1 Å². The highest BCUT2D eigenvalue weighted by Gasteiger charge is 2.23. The van der Waals surface area contributed by atoms with E-state index in [1.165, 1.54) is 33.3 Å². The molecule has 30 heavy (non-hydrogen) atoms. The molecule has 1 aliphatic heterocycles. The van der Waals surface area contributed by atoms with Gasteiger partial charge in [-0.25, -0.2) is 4.98 Å². The molecule has 0 fully saturated rings. The van der Waals surface area contributed by atoms with Gasteiger partial charge in [0.25, 0.3) is 0 Å². The van der Waals surface area contributed by atoms with Crippen LogP contribution in [0.1, 0.15) is 27.9 Å². The minimum absolute atomic E-state index is 0. The van der Waals surface area contributed by atoms with E-state index in [4.69, 9.17) is 16.6 Å². The lowest BCUT2D eigenvalue weighted by Crippen LogP contribution is -2.31. The van der Waals surface area contributed by atoms with E-state index < -0.39 is 0 Å². The zero-order valence-electron chi connectivity index (χ0n) is 17.2. The fourth-order valence-corrected chi connectivity index (χ4v) is 4.67. The molecule has 0 unspecified atom stereocenters. The summed E-state index contributed by atoms with van der Waals surface area (Å²) in [6.45, 7) is 7.03. The number of halogens is 2. The molecule has 2 aromatic heterocycles. The summed E-state index contributed by atoms with van der Waals surface area (Å²) in [5, 5.41) is 2.09. The monoisotopic (exact) mass is 437 g/mol. The van der Waals surface area contributed by atoms with Crippen molar-refractivity contribution in [2.24, 2.45) is 0 Å². The van der Waals surface area contributed by atoms with Crippen LogP contribution < -0.4 is 4.90 Å². The first-order valence-corrected chi connectivity index (χ1v) is 10.5. The third-order valence-corrected chi connectivity index (χ3v) is 6.61. The van der Waals surface area contributed by atoms with E-state index >= 15 is 0 Å². The molecular formula is C25H25Cl2N3. The molecule has 3 heterocycles. The number of aromatic nitrogens is 2. The Morgan fingerprint density at radius 1 is 0.967 bits per heavy atom. The van der Waals surface area contributed by atoms with Gasteiger partial charge in [0.1, 0.15) is 0 Å². The molecular weight excluding hydrogens is 413 g/mol. The Kier molecular flexibility index (Phi) is 5.77. The first-order chi connectivity index (χ1) is 14.1. The van der Waals surface area contributed by atoms with Gasteiger partial charge < -0.3 is 9.47 Å². The van der Waals surface area contributed by atoms with Crippen molar-refractivity contribution in [1.82, 2.24) is 9.55 Å². The summed E-state index contributed by atoms with van der Waals surface area (Å²) in [7, 11) is 0. The number of rotatable bonds is 3. The predicted octanol–water partition coefficient (Wildman–Crippen LogP) is 6.34.